The minimum absolute atomic E-state index is 0.0927. The van der Waals surface area contributed by atoms with E-state index in [1.807, 2.05) is 19.9 Å². The zero-order valence-electron chi connectivity index (χ0n) is 12.7. The normalized spacial score (nSPS) is 10.4. The Morgan fingerprint density at radius 2 is 2.05 bits per heavy atom. The highest BCUT2D eigenvalue weighted by molar-refractivity contribution is 7.11. The molecule has 5 heteroatoms. The summed E-state index contributed by atoms with van der Waals surface area (Å²) < 4.78 is 0. The number of carbonyl (C=O) groups is 1. The van der Waals surface area contributed by atoms with Crippen molar-refractivity contribution >= 4 is 22.9 Å². The van der Waals surface area contributed by atoms with E-state index in [0.29, 0.717) is 12.1 Å². The highest BCUT2D eigenvalue weighted by atomic mass is 32.1. The van der Waals surface area contributed by atoms with Gasteiger partial charge in [0.2, 0.25) is 0 Å². The summed E-state index contributed by atoms with van der Waals surface area (Å²) in [7, 11) is 0. The van der Waals surface area contributed by atoms with Crippen molar-refractivity contribution < 1.29 is 4.79 Å². The van der Waals surface area contributed by atoms with E-state index in [2.05, 4.69) is 34.7 Å². The average molecular weight is 303 g/mol. The van der Waals surface area contributed by atoms with E-state index in [1.165, 1.54) is 9.75 Å². The molecular weight excluding hydrogens is 282 g/mol. The van der Waals surface area contributed by atoms with Gasteiger partial charge in [-0.25, -0.2) is 0 Å². The molecule has 0 unspecified atom stereocenters. The summed E-state index contributed by atoms with van der Waals surface area (Å²) in [5, 5.41) is 6.17. The van der Waals surface area contributed by atoms with Gasteiger partial charge in [0.1, 0.15) is 0 Å². The number of amides is 1. The van der Waals surface area contributed by atoms with E-state index in [1.54, 1.807) is 17.5 Å². The molecule has 2 heterocycles. The van der Waals surface area contributed by atoms with Crippen LogP contribution in [0.15, 0.2) is 24.4 Å². The van der Waals surface area contributed by atoms with Crippen molar-refractivity contribution in [2.24, 2.45) is 0 Å². The van der Waals surface area contributed by atoms with Crippen LogP contribution < -0.4 is 10.6 Å². The molecule has 0 saturated carbocycles. The lowest BCUT2D eigenvalue weighted by molar-refractivity contribution is 0.0951. The van der Waals surface area contributed by atoms with Gasteiger partial charge in [-0.15, -0.1) is 11.3 Å². The average Bonchev–Trinajstić information content (AvgIpc) is 2.93. The standard InChI is InChI=1S/C16H21N3OS/c1-4-12-6-7-13(21-12)9-19-16(20)14-10-18-11(3)8-15(14)17-5-2/h6-8,10H,4-5,9H2,1-3H3,(H,17,18)(H,19,20). The Balaban J connectivity index is 2.05. The third kappa shape index (κ3) is 4.04. The fraction of sp³-hybridized carbons (Fsp3) is 0.375. The second kappa shape index (κ2) is 7.22. The Labute approximate surface area is 129 Å². The van der Waals surface area contributed by atoms with E-state index in [9.17, 15) is 4.79 Å². The first-order valence-electron chi connectivity index (χ1n) is 7.20. The largest absolute Gasteiger partial charge is 0.385 e. The third-order valence-electron chi connectivity index (χ3n) is 3.14. The monoisotopic (exact) mass is 303 g/mol. The number of pyridine rings is 1. The van der Waals surface area contributed by atoms with Crippen molar-refractivity contribution in [3.8, 4) is 0 Å². The zero-order chi connectivity index (χ0) is 15.2. The van der Waals surface area contributed by atoms with Crippen molar-refractivity contribution in [2.45, 2.75) is 33.7 Å². The van der Waals surface area contributed by atoms with E-state index in [-0.39, 0.29) is 5.91 Å². The maximum absolute atomic E-state index is 12.3. The van der Waals surface area contributed by atoms with E-state index >= 15 is 0 Å². The summed E-state index contributed by atoms with van der Waals surface area (Å²) in [4.78, 5) is 19.0. The van der Waals surface area contributed by atoms with Crippen LogP contribution in [0.3, 0.4) is 0 Å². The fourth-order valence-electron chi connectivity index (χ4n) is 2.05. The minimum atomic E-state index is -0.0927. The molecule has 112 valence electrons. The number of anilines is 1. The first kappa shape index (κ1) is 15.5. The third-order valence-corrected chi connectivity index (χ3v) is 4.37. The van der Waals surface area contributed by atoms with Gasteiger partial charge < -0.3 is 10.6 Å². The van der Waals surface area contributed by atoms with E-state index in [4.69, 9.17) is 0 Å². The molecular formula is C16H21N3OS. The van der Waals surface area contributed by atoms with Gasteiger partial charge >= 0.3 is 0 Å². The number of hydrogen-bond acceptors (Lipinski definition) is 4. The van der Waals surface area contributed by atoms with Gasteiger partial charge in [0.15, 0.2) is 0 Å². The smallest absolute Gasteiger partial charge is 0.255 e. The molecule has 0 fully saturated rings. The topological polar surface area (TPSA) is 54.0 Å². The molecule has 1 amide bonds. The second-order valence-corrected chi connectivity index (χ2v) is 6.06. The lowest BCUT2D eigenvalue weighted by Crippen LogP contribution is -2.24. The molecule has 0 spiro atoms. The molecule has 2 aromatic heterocycles. The number of nitrogens with one attached hydrogen (secondary N) is 2. The molecule has 0 atom stereocenters. The SMILES string of the molecule is CCNc1cc(C)ncc1C(=O)NCc1ccc(CC)s1. The summed E-state index contributed by atoms with van der Waals surface area (Å²) in [5.74, 6) is -0.0927. The van der Waals surface area contributed by atoms with Gasteiger partial charge in [-0.05, 0) is 38.5 Å². The predicted octanol–water partition coefficient (Wildman–Crippen LogP) is 3.38. The molecule has 0 saturated heterocycles. The van der Waals surface area contributed by atoms with Crippen molar-refractivity contribution in [2.75, 3.05) is 11.9 Å². The summed E-state index contributed by atoms with van der Waals surface area (Å²) in [5.41, 5.74) is 2.32. The van der Waals surface area contributed by atoms with Gasteiger partial charge in [-0.1, -0.05) is 6.92 Å². The Morgan fingerprint density at radius 1 is 1.29 bits per heavy atom. The molecule has 0 aromatic carbocycles. The Hall–Kier alpha value is -1.88. The van der Waals surface area contributed by atoms with Crippen molar-refractivity contribution in [3.05, 3.63) is 45.4 Å². The van der Waals surface area contributed by atoms with Gasteiger partial charge in [0, 0.05) is 28.2 Å². The Bertz CT molecular complexity index is 622. The van der Waals surface area contributed by atoms with Crippen molar-refractivity contribution in [3.63, 3.8) is 0 Å². The highest BCUT2D eigenvalue weighted by Crippen LogP contribution is 2.18. The molecule has 4 nitrogen and oxygen atoms in total. The molecule has 2 N–H and O–H groups in total. The van der Waals surface area contributed by atoms with Crippen molar-refractivity contribution in [1.82, 2.24) is 10.3 Å². The van der Waals surface area contributed by atoms with Gasteiger partial charge in [0.25, 0.3) is 5.91 Å². The van der Waals surface area contributed by atoms with Crippen LogP contribution in [0.5, 0.6) is 0 Å². The van der Waals surface area contributed by atoms with E-state index < -0.39 is 0 Å². The molecule has 0 aliphatic heterocycles. The van der Waals surface area contributed by atoms with Crippen LogP contribution in [0, 0.1) is 6.92 Å². The zero-order valence-corrected chi connectivity index (χ0v) is 13.5. The maximum atomic E-state index is 12.3. The number of aryl methyl sites for hydroxylation is 2. The van der Waals surface area contributed by atoms with Crippen molar-refractivity contribution in [1.29, 1.82) is 0 Å². The van der Waals surface area contributed by atoms with Crippen LogP contribution in [0.2, 0.25) is 0 Å². The number of carbonyl (C=O) groups excluding carboxylic acids is 1. The maximum Gasteiger partial charge on any atom is 0.255 e. The molecule has 0 bridgehead atoms. The summed E-state index contributed by atoms with van der Waals surface area (Å²) in [6.45, 7) is 7.39. The summed E-state index contributed by atoms with van der Waals surface area (Å²) >= 11 is 1.74. The molecule has 21 heavy (non-hydrogen) atoms. The molecule has 0 aliphatic carbocycles. The Kier molecular flexibility index (Phi) is 5.33. The Morgan fingerprint density at radius 3 is 2.71 bits per heavy atom. The van der Waals surface area contributed by atoms with Crippen LogP contribution in [0.1, 0.15) is 39.7 Å². The summed E-state index contributed by atoms with van der Waals surface area (Å²) in [6.07, 6.45) is 2.67. The van der Waals surface area contributed by atoms with Crippen LogP contribution in [0.25, 0.3) is 0 Å². The number of hydrogen-bond donors (Lipinski definition) is 2. The summed E-state index contributed by atoms with van der Waals surface area (Å²) in [6, 6.07) is 6.09. The highest BCUT2D eigenvalue weighted by Gasteiger charge is 2.12. The number of aromatic nitrogens is 1. The minimum Gasteiger partial charge on any atom is -0.385 e. The first-order valence-corrected chi connectivity index (χ1v) is 8.02. The van der Waals surface area contributed by atoms with Gasteiger partial charge in [0.05, 0.1) is 17.8 Å². The fourth-order valence-corrected chi connectivity index (χ4v) is 2.95. The number of thiophene rings is 1. The van der Waals surface area contributed by atoms with Crippen LogP contribution in [-0.4, -0.2) is 17.4 Å². The van der Waals surface area contributed by atoms with Crippen LogP contribution >= 0.6 is 11.3 Å². The quantitative estimate of drug-likeness (QED) is 0.860. The molecule has 2 aromatic rings. The predicted molar refractivity (Wildman–Crippen MR) is 88.0 cm³/mol. The lowest BCUT2D eigenvalue weighted by atomic mass is 10.2. The van der Waals surface area contributed by atoms with Gasteiger partial charge in [-0.3, -0.25) is 9.78 Å². The number of nitrogens with zero attached hydrogens (tertiary/aromatic N) is 1. The lowest BCUT2D eigenvalue weighted by Gasteiger charge is -2.11. The first-order chi connectivity index (χ1) is 10.1. The van der Waals surface area contributed by atoms with Crippen LogP contribution in [-0.2, 0) is 13.0 Å². The van der Waals surface area contributed by atoms with E-state index in [0.717, 1.165) is 24.3 Å². The van der Waals surface area contributed by atoms with Gasteiger partial charge in [-0.2, -0.15) is 0 Å². The van der Waals surface area contributed by atoms with Crippen LogP contribution in [0.4, 0.5) is 5.69 Å². The molecule has 0 aliphatic rings. The second-order valence-electron chi connectivity index (χ2n) is 4.81. The number of rotatable bonds is 6. The molecule has 2 rings (SSSR count). The molecule has 0 radical (unpaired) electrons.